The summed E-state index contributed by atoms with van der Waals surface area (Å²) in [7, 11) is 0. The Labute approximate surface area is 181 Å². The molecule has 0 saturated carbocycles. The fraction of sp³-hybridized carbons (Fsp3) is 0.391. The number of fused-ring (bicyclic) bond motifs is 2. The minimum Gasteiger partial charge on any atom is -0.355 e. The van der Waals surface area contributed by atoms with Gasteiger partial charge < -0.3 is 10.6 Å². The third-order valence-electron chi connectivity index (χ3n) is 6.19. The van der Waals surface area contributed by atoms with E-state index in [9.17, 15) is 9.59 Å². The predicted octanol–water partition coefficient (Wildman–Crippen LogP) is 5.15. The van der Waals surface area contributed by atoms with Gasteiger partial charge in [0, 0.05) is 34.6 Å². The number of hydrogen-bond donors (Lipinski definition) is 2. The maximum Gasteiger partial charge on any atom is 0.236 e. The summed E-state index contributed by atoms with van der Waals surface area (Å²) in [6.07, 6.45) is 1.07. The highest BCUT2D eigenvalue weighted by molar-refractivity contribution is 6.31. The lowest BCUT2D eigenvalue weighted by Gasteiger charge is -2.41. The van der Waals surface area contributed by atoms with E-state index in [0.29, 0.717) is 28.9 Å². The van der Waals surface area contributed by atoms with Gasteiger partial charge in [-0.15, -0.1) is 0 Å². The number of amides is 2. The Balaban J connectivity index is 1.99. The topological polar surface area (TPSA) is 58.2 Å². The van der Waals surface area contributed by atoms with Crippen LogP contribution in [0.2, 0.25) is 10.0 Å². The largest absolute Gasteiger partial charge is 0.355 e. The fourth-order valence-corrected chi connectivity index (χ4v) is 5.51. The van der Waals surface area contributed by atoms with Crippen LogP contribution in [0.1, 0.15) is 43.7 Å². The van der Waals surface area contributed by atoms with Gasteiger partial charge in [0.1, 0.15) is 0 Å². The summed E-state index contributed by atoms with van der Waals surface area (Å²) < 4.78 is 0. The summed E-state index contributed by atoms with van der Waals surface area (Å²) in [6, 6.07) is 13.2. The van der Waals surface area contributed by atoms with Gasteiger partial charge in [-0.1, -0.05) is 55.2 Å². The Hall–Kier alpha value is -2.04. The molecular formula is C23H24Cl2N2O2. The molecule has 0 aromatic heterocycles. The number of benzene rings is 2. The molecule has 2 N–H and O–H groups in total. The van der Waals surface area contributed by atoms with Gasteiger partial charge in [-0.05, 0) is 53.6 Å². The maximum absolute atomic E-state index is 13.7. The Kier molecular flexibility index (Phi) is 5.34. The van der Waals surface area contributed by atoms with Crippen LogP contribution in [0.3, 0.4) is 0 Å². The van der Waals surface area contributed by atoms with Crippen molar-refractivity contribution in [3.63, 3.8) is 0 Å². The first-order valence-electron chi connectivity index (χ1n) is 9.96. The highest BCUT2D eigenvalue weighted by atomic mass is 35.5. The average molecular weight is 431 g/mol. The van der Waals surface area contributed by atoms with Gasteiger partial charge in [-0.2, -0.15) is 0 Å². The quantitative estimate of drug-likeness (QED) is 0.706. The molecule has 2 amide bonds. The van der Waals surface area contributed by atoms with Crippen molar-refractivity contribution in [3.05, 3.63) is 63.6 Å². The molecule has 0 unspecified atom stereocenters. The van der Waals surface area contributed by atoms with E-state index in [1.54, 1.807) is 6.07 Å². The number of nitrogens with one attached hydrogen (secondary N) is 2. The average Bonchev–Trinajstić information content (AvgIpc) is 2.83. The van der Waals surface area contributed by atoms with E-state index in [1.165, 1.54) is 0 Å². The number of anilines is 1. The van der Waals surface area contributed by atoms with Crippen molar-refractivity contribution in [2.24, 2.45) is 11.8 Å². The van der Waals surface area contributed by atoms with Crippen LogP contribution in [0.4, 0.5) is 5.69 Å². The van der Waals surface area contributed by atoms with Crippen molar-refractivity contribution in [1.29, 1.82) is 0 Å². The number of carbonyl (C=O) groups is 2. The first-order chi connectivity index (χ1) is 13.8. The van der Waals surface area contributed by atoms with Crippen molar-refractivity contribution in [3.8, 4) is 0 Å². The summed E-state index contributed by atoms with van der Waals surface area (Å²) in [4.78, 5) is 26.4. The second-order valence-corrected chi connectivity index (χ2v) is 9.33. The zero-order chi connectivity index (χ0) is 20.8. The third kappa shape index (κ3) is 3.43. The molecule has 1 spiro atoms. The molecule has 0 aliphatic carbocycles. The summed E-state index contributed by atoms with van der Waals surface area (Å²) in [5, 5.41) is 7.29. The van der Waals surface area contributed by atoms with Crippen molar-refractivity contribution in [2.75, 3.05) is 11.9 Å². The van der Waals surface area contributed by atoms with E-state index in [4.69, 9.17) is 23.2 Å². The Morgan fingerprint density at radius 3 is 2.59 bits per heavy atom. The van der Waals surface area contributed by atoms with Gasteiger partial charge in [0.25, 0.3) is 0 Å². The second-order valence-electron chi connectivity index (χ2n) is 8.46. The van der Waals surface area contributed by atoms with Crippen LogP contribution in [-0.4, -0.2) is 18.4 Å². The van der Waals surface area contributed by atoms with E-state index in [0.717, 1.165) is 23.2 Å². The van der Waals surface area contributed by atoms with Crippen LogP contribution in [0.15, 0.2) is 42.5 Å². The molecule has 1 fully saturated rings. The lowest BCUT2D eigenvalue weighted by molar-refractivity contribution is -0.125. The minimum absolute atomic E-state index is 0.0187. The van der Waals surface area contributed by atoms with Gasteiger partial charge in [0.2, 0.25) is 11.8 Å². The summed E-state index contributed by atoms with van der Waals surface area (Å²) in [5.41, 5.74) is 1.73. The van der Waals surface area contributed by atoms with E-state index >= 15 is 0 Å². The monoisotopic (exact) mass is 430 g/mol. The number of hydrogen-bond acceptors (Lipinski definition) is 2. The second kappa shape index (κ2) is 7.66. The Morgan fingerprint density at radius 1 is 1.10 bits per heavy atom. The number of rotatable bonds is 3. The maximum atomic E-state index is 13.7. The summed E-state index contributed by atoms with van der Waals surface area (Å²) in [5.74, 6) is -0.126. The zero-order valence-electron chi connectivity index (χ0n) is 16.5. The standard InChI is InChI=1S/C23H24Cl2N2O2/c1-13(2)8-15-10-21(28)26-12-19(14-4-3-5-16(24)9-14)23(15)18-7-6-17(25)11-20(18)27-22(23)29/h3-7,9,11,13,15,19H,8,10,12H2,1-2H3,(H,26,28)(H,27,29)/t15-,19-,23-/m1/s1. The minimum atomic E-state index is -0.867. The highest BCUT2D eigenvalue weighted by Crippen LogP contribution is 2.55. The molecule has 4 rings (SSSR count). The molecule has 2 aromatic carbocycles. The van der Waals surface area contributed by atoms with Gasteiger partial charge in [0.15, 0.2) is 0 Å². The highest BCUT2D eigenvalue weighted by Gasteiger charge is 2.58. The summed E-state index contributed by atoms with van der Waals surface area (Å²) >= 11 is 12.5. The molecular weight excluding hydrogens is 407 g/mol. The Morgan fingerprint density at radius 2 is 1.86 bits per heavy atom. The molecule has 2 aliphatic rings. The molecule has 0 radical (unpaired) electrons. The van der Waals surface area contributed by atoms with Crippen molar-refractivity contribution in [1.82, 2.24) is 5.32 Å². The van der Waals surface area contributed by atoms with Crippen LogP contribution < -0.4 is 10.6 Å². The van der Waals surface area contributed by atoms with Crippen LogP contribution in [-0.2, 0) is 15.0 Å². The molecule has 29 heavy (non-hydrogen) atoms. The lowest BCUT2D eigenvalue weighted by Crippen LogP contribution is -2.48. The molecule has 2 aliphatic heterocycles. The van der Waals surface area contributed by atoms with Gasteiger partial charge in [0.05, 0.1) is 5.41 Å². The fourth-order valence-electron chi connectivity index (χ4n) is 5.14. The number of carbonyl (C=O) groups excluding carboxylic acids is 2. The normalized spacial score (nSPS) is 26.2. The van der Waals surface area contributed by atoms with E-state index < -0.39 is 5.41 Å². The molecule has 4 nitrogen and oxygen atoms in total. The van der Waals surface area contributed by atoms with Crippen LogP contribution in [0.25, 0.3) is 0 Å². The van der Waals surface area contributed by atoms with Crippen LogP contribution in [0, 0.1) is 11.8 Å². The molecule has 152 valence electrons. The van der Waals surface area contributed by atoms with Crippen LogP contribution >= 0.6 is 23.2 Å². The van der Waals surface area contributed by atoms with Crippen molar-refractivity contribution < 1.29 is 9.59 Å². The van der Waals surface area contributed by atoms with E-state index in [1.807, 2.05) is 36.4 Å². The number of halogens is 2. The molecule has 6 heteroatoms. The molecule has 1 saturated heterocycles. The third-order valence-corrected chi connectivity index (χ3v) is 6.66. The first kappa shape index (κ1) is 20.2. The Bertz CT molecular complexity index is 975. The molecule has 2 heterocycles. The molecule has 3 atom stereocenters. The van der Waals surface area contributed by atoms with Crippen molar-refractivity contribution >= 4 is 40.7 Å². The smallest absolute Gasteiger partial charge is 0.236 e. The predicted molar refractivity (Wildman–Crippen MR) is 117 cm³/mol. The zero-order valence-corrected chi connectivity index (χ0v) is 18.0. The van der Waals surface area contributed by atoms with Gasteiger partial charge in [-0.25, -0.2) is 0 Å². The molecule has 0 bridgehead atoms. The molecule has 2 aromatic rings. The lowest BCUT2D eigenvalue weighted by atomic mass is 9.59. The van der Waals surface area contributed by atoms with E-state index in [2.05, 4.69) is 24.5 Å². The van der Waals surface area contributed by atoms with E-state index in [-0.39, 0.29) is 23.7 Å². The SMILES string of the molecule is CC(C)C[C@@H]1CC(=O)NC[C@H](c2cccc(Cl)c2)[C@@]12C(=O)Nc1cc(Cl)ccc12. The summed E-state index contributed by atoms with van der Waals surface area (Å²) in [6.45, 7) is 4.63. The van der Waals surface area contributed by atoms with Gasteiger partial charge in [-0.3, -0.25) is 9.59 Å². The van der Waals surface area contributed by atoms with Gasteiger partial charge >= 0.3 is 0 Å². The first-order valence-corrected chi connectivity index (χ1v) is 10.7. The van der Waals surface area contributed by atoms with Crippen molar-refractivity contribution in [2.45, 2.75) is 38.0 Å². The van der Waals surface area contributed by atoms with Crippen LogP contribution in [0.5, 0.6) is 0 Å².